The lowest BCUT2D eigenvalue weighted by Crippen LogP contribution is -2.39. The van der Waals surface area contributed by atoms with Crippen molar-refractivity contribution in [2.24, 2.45) is 5.92 Å². The van der Waals surface area contributed by atoms with Crippen LogP contribution in [0.5, 0.6) is 0 Å². The molecule has 1 aromatic carbocycles. The number of hydrogen-bond acceptors (Lipinski definition) is 3. The second-order valence-corrected chi connectivity index (χ2v) is 5.12. The van der Waals surface area contributed by atoms with Crippen LogP contribution in [0.3, 0.4) is 0 Å². The van der Waals surface area contributed by atoms with Crippen molar-refractivity contribution in [3.8, 4) is 0 Å². The van der Waals surface area contributed by atoms with Crippen molar-refractivity contribution in [2.75, 3.05) is 11.9 Å². The zero-order valence-corrected chi connectivity index (χ0v) is 11.2. The number of halogens is 1. The minimum absolute atomic E-state index is 0.00787. The van der Waals surface area contributed by atoms with Gasteiger partial charge in [0.1, 0.15) is 0 Å². The molecular formula is C13H15ClN2O3. The lowest BCUT2D eigenvalue weighted by atomic mass is 10.0. The Balaban J connectivity index is 2.19. The maximum absolute atomic E-state index is 12.1. The van der Waals surface area contributed by atoms with Gasteiger partial charge in [-0.1, -0.05) is 18.5 Å². The molecule has 2 unspecified atom stereocenters. The molecule has 2 atom stereocenters. The van der Waals surface area contributed by atoms with Gasteiger partial charge < -0.3 is 15.7 Å². The van der Waals surface area contributed by atoms with Crippen LogP contribution in [0, 0.1) is 5.92 Å². The molecule has 0 spiro atoms. The zero-order chi connectivity index (χ0) is 14.0. The molecule has 102 valence electrons. The molecule has 6 heteroatoms. The number of nitrogens with one attached hydrogen (secondary N) is 2. The molecular weight excluding hydrogens is 268 g/mol. The third-order valence-electron chi connectivity index (χ3n) is 3.29. The molecule has 5 nitrogen and oxygen atoms in total. The fourth-order valence-electron chi connectivity index (χ4n) is 2.20. The van der Waals surface area contributed by atoms with Gasteiger partial charge >= 0.3 is 5.97 Å². The highest BCUT2D eigenvalue weighted by Gasteiger charge is 2.29. The number of carbonyl (C=O) groups excluding carboxylic acids is 1. The molecule has 1 aliphatic heterocycles. The quantitative estimate of drug-likeness (QED) is 0.792. The minimum Gasteiger partial charge on any atom is -0.478 e. The average Bonchev–Trinajstić information content (AvgIpc) is 2.77. The third kappa shape index (κ3) is 3.05. The van der Waals surface area contributed by atoms with E-state index in [-0.39, 0.29) is 29.1 Å². The van der Waals surface area contributed by atoms with Crippen LogP contribution in [0.1, 0.15) is 23.7 Å². The molecule has 0 bridgehead atoms. The molecule has 3 N–H and O–H groups in total. The summed E-state index contributed by atoms with van der Waals surface area (Å²) in [5, 5.41) is 15.2. The first-order chi connectivity index (χ1) is 8.99. The Bertz CT molecular complexity index is 519. The SMILES string of the molecule is CC1CCNC1C(=O)Nc1ccc(Cl)cc1C(=O)O. The van der Waals surface area contributed by atoms with Gasteiger partial charge in [-0.2, -0.15) is 0 Å². The summed E-state index contributed by atoms with van der Waals surface area (Å²) in [6.07, 6.45) is 0.935. The molecule has 0 aliphatic carbocycles. The Morgan fingerprint density at radius 1 is 1.47 bits per heavy atom. The molecule has 0 aromatic heterocycles. The third-order valence-corrected chi connectivity index (χ3v) is 3.52. The first-order valence-electron chi connectivity index (χ1n) is 6.06. The molecule has 1 heterocycles. The minimum atomic E-state index is -1.12. The Morgan fingerprint density at radius 2 is 2.21 bits per heavy atom. The first kappa shape index (κ1) is 13.8. The number of carbonyl (C=O) groups is 2. The number of carboxylic acid groups (broad SMARTS) is 1. The summed E-state index contributed by atoms with van der Waals surface area (Å²) in [5.41, 5.74) is 0.259. The van der Waals surface area contributed by atoms with Crippen LogP contribution < -0.4 is 10.6 Å². The Hall–Kier alpha value is -1.59. The highest BCUT2D eigenvalue weighted by atomic mass is 35.5. The van der Waals surface area contributed by atoms with Crippen LogP contribution in [0.4, 0.5) is 5.69 Å². The van der Waals surface area contributed by atoms with Gasteiger partial charge in [0, 0.05) is 5.02 Å². The molecule has 2 rings (SSSR count). The Labute approximate surface area is 116 Å². The first-order valence-corrected chi connectivity index (χ1v) is 6.44. The van der Waals surface area contributed by atoms with Crippen molar-refractivity contribution in [2.45, 2.75) is 19.4 Å². The van der Waals surface area contributed by atoms with E-state index in [0.717, 1.165) is 13.0 Å². The van der Waals surface area contributed by atoms with Crippen LogP contribution >= 0.6 is 11.6 Å². The van der Waals surface area contributed by atoms with Gasteiger partial charge in [-0.05, 0) is 37.1 Å². The summed E-state index contributed by atoms with van der Waals surface area (Å²) in [5.74, 6) is -1.10. The van der Waals surface area contributed by atoms with Crippen LogP contribution in [0.2, 0.25) is 5.02 Å². The van der Waals surface area contributed by atoms with E-state index in [9.17, 15) is 9.59 Å². The average molecular weight is 283 g/mol. The highest BCUT2D eigenvalue weighted by Crippen LogP contribution is 2.22. The molecule has 1 fully saturated rings. The van der Waals surface area contributed by atoms with Crippen LogP contribution in [0.25, 0.3) is 0 Å². The van der Waals surface area contributed by atoms with E-state index in [1.165, 1.54) is 12.1 Å². The van der Waals surface area contributed by atoms with Gasteiger partial charge in [-0.3, -0.25) is 4.79 Å². The highest BCUT2D eigenvalue weighted by molar-refractivity contribution is 6.31. The number of aromatic carboxylic acids is 1. The summed E-state index contributed by atoms with van der Waals surface area (Å²) in [6, 6.07) is 4.10. The maximum atomic E-state index is 12.1. The number of amides is 1. The van der Waals surface area contributed by atoms with Crippen molar-refractivity contribution in [1.82, 2.24) is 5.32 Å². The van der Waals surface area contributed by atoms with Gasteiger partial charge in [-0.15, -0.1) is 0 Å². The summed E-state index contributed by atoms with van der Waals surface area (Å²) >= 11 is 5.76. The van der Waals surface area contributed by atoms with Crippen molar-refractivity contribution < 1.29 is 14.7 Å². The van der Waals surface area contributed by atoms with Gasteiger partial charge in [0.2, 0.25) is 5.91 Å². The normalized spacial score (nSPS) is 22.2. The van der Waals surface area contributed by atoms with Gasteiger partial charge in [0.25, 0.3) is 0 Å². The standard InChI is InChI=1S/C13H15ClN2O3/c1-7-4-5-15-11(7)12(17)16-10-3-2-8(14)6-9(10)13(18)19/h2-3,6-7,11,15H,4-5H2,1H3,(H,16,17)(H,18,19). The molecule has 0 radical (unpaired) electrons. The Kier molecular flexibility index (Phi) is 4.07. The topological polar surface area (TPSA) is 78.4 Å². The number of rotatable bonds is 3. The second-order valence-electron chi connectivity index (χ2n) is 4.68. The van der Waals surface area contributed by atoms with E-state index in [1.807, 2.05) is 6.92 Å². The fourth-order valence-corrected chi connectivity index (χ4v) is 2.37. The molecule has 0 saturated carbocycles. The van der Waals surface area contributed by atoms with Crippen molar-refractivity contribution in [3.05, 3.63) is 28.8 Å². The maximum Gasteiger partial charge on any atom is 0.337 e. The second kappa shape index (κ2) is 5.59. The van der Waals surface area contributed by atoms with E-state index < -0.39 is 5.97 Å². The molecule has 1 saturated heterocycles. The van der Waals surface area contributed by atoms with E-state index >= 15 is 0 Å². The monoisotopic (exact) mass is 282 g/mol. The molecule has 19 heavy (non-hydrogen) atoms. The zero-order valence-electron chi connectivity index (χ0n) is 10.4. The van der Waals surface area contributed by atoms with E-state index in [0.29, 0.717) is 5.02 Å². The number of anilines is 1. The van der Waals surface area contributed by atoms with Crippen molar-refractivity contribution >= 4 is 29.2 Å². The predicted octanol–water partition coefficient (Wildman–Crippen LogP) is 1.97. The molecule has 1 aromatic rings. The molecule has 1 amide bonds. The summed E-state index contributed by atoms with van der Waals surface area (Å²) in [7, 11) is 0. The molecule has 1 aliphatic rings. The number of carboxylic acids is 1. The lowest BCUT2D eigenvalue weighted by molar-refractivity contribution is -0.118. The van der Waals surface area contributed by atoms with E-state index in [2.05, 4.69) is 10.6 Å². The number of benzene rings is 1. The van der Waals surface area contributed by atoms with Gasteiger partial charge in [0.15, 0.2) is 0 Å². The smallest absolute Gasteiger partial charge is 0.337 e. The number of hydrogen-bond donors (Lipinski definition) is 3. The van der Waals surface area contributed by atoms with Crippen LogP contribution in [-0.4, -0.2) is 29.6 Å². The lowest BCUT2D eigenvalue weighted by Gasteiger charge is -2.16. The van der Waals surface area contributed by atoms with E-state index in [4.69, 9.17) is 16.7 Å². The summed E-state index contributed by atoms with van der Waals surface area (Å²) in [4.78, 5) is 23.2. The van der Waals surface area contributed by atoms with Crippen LogP contribution in [0.15, 0.2) is 18.2 Å². The van der Waals surface area contributed by atoms with E-state index in [1.54, 1.807) is 6.07 Å². The van der Waals surface area contributed by atoms with Gasteiger partial charge in [-0.25, -0.2) is 4.79 Å². The summed E-state index contributed by atoms with van der Waals surface area (Å²) in [6.45, 7) is 2.79. The van der Waals surface area contributed by atoms with Crippen molar-refractivity contribution in [3.63, 3.8) is 0 Å². The van der Waals surface area contributed by atoms with Crippen LogP contribution in [-0.2, 0) is 4.79 Å². The Morgan fingerprint density at radius 3 is 2.79 bits per heavy atom. The predicted molar refractivity (Wildman–Crippen MR) is 72.6 cm³/mol. The van der Waals surface area contributed by atoms with Gasteiger partial charge in [0.05, 0.1) is 17.3 Å². The fraction of sp³-hybridized carbons (Fsp3) is 0.385. The largest absolute Gasteiger partial charge is 0.478 e. The summed E-state index contributed by atoms with van der Waals surface area (Å²) < 4.78 is 0. The van der Waals surface area contributed by atoms with Crippen molar-refractivity contribution in [1.29, 1.82) is 0 Å².